The topological polar surface area (TPSA) is 54.4 Å². The van der Waals surface area contributed by atoms with Crippen molar-refractivity contribution < 1.29 is 17.5 Å². The van der Waals surface area contributed by atoms with Crippen LogP contribution in [0.2, 0.25) is 0 Å². The maximum absolute atomic E-state index is 11.1. The summed E-state index contributed by atoms with van der Waals surface area (Å²) in [4.78, 5) is 0. The summed E-state index contributed by atoms with van der Waals surface area (Å²) in [6, 6.07) is 8.34. The molecule has 1 aromatic rings. The molecule has 0 spiro atoms. The van der Waals surface area contributed by atoms with E-state index in [9.17, 15) is 8.42 Å². The Bertz CT molecular complexity index is 608. The highest BCUT2D eigenvalue weighted by molar-refractivity contribution is 7.85. The summed E-state index contributed by atoms with van der Waals surface area (Å²) >= 11 is 0. The van der Waals surface area contributed by atoms with E-state index in [1.54, 1.807) is 14.1 Å². The zero-order chi connectivity index (χ0) is 17.4. The van der Waals surface area contributed by atoms with Crippen LogP contribution in [0.5, 0.6) is 0 Å². The van der Waals surface area contributed by atoms with Crippen molar-refractivity contribution in [3.05, 3.63) is 35.4 Å². The van der Waals surface area contributed by atoms with Crippen LogP contribution in [0.15, 0.2) is 24.3 Å². The predicted molar refractivity (Wildman–Crippen MR) is 91.2 cm³/mol. The highest BCUT2D eigenvalue weighted by Gasteiger charge is 2.34. The van der Waals surface area contributed by atoms with Gasteiger partial charge in [-0.05, 0) is 16.4 Å². The van der Waals surface area contributed by atoms with Crippen molar-refractivity contribution in [3.8, 4) is 0 Å². The lowest BCUT2D eigenvalue weighted by Crippen LogP contribution is -2.42. The van der Waals surface area contributed by atoms with E-state index in [0.717, 1.165) is 5.56 Å². The van der Waals surface area contributed by atoms with Crippen LogP contribution in [-0.2, 0) is 22.1 Å². The van der Waals surface area contributed by atoms with Crippen LogP contribution in [0.1, 0.15) is 45.7 Å². The third kappa shape index (κ3) is 5.07. The Balaban J connectivity index is 2.95. The zero-order valence-electron chi connectivity index (χ0n) is 14.8. The fourth-order valence-corrected chi connectivity index (χ4v) is 3.42. The first-order valence-electron chi connectivity index (χ1n) is 7.51. The van der Waals surface area contributed by atoms with Crippen molar-refractivity contribution in [2.45, 2.75) is 46.6 Å². The lowest BCUT2D eigenvalue weighted by molar-refractivity contribution is -0.892. The van der Waals surface area contributed by atoms with Gasteiger partial charge in [-0.3, -0.25) is 4.55 Å². The molecule has 0 saturated heterocycles. The van der Waals surface area contributed by atoms with Crippen LogP contribution in [0.4, 0.5) is 0 Å². The molecule has 1 N–H and O–H groups in total. The smallest absolute Gasteiger partial charge is 0.310 e. The predicted octanol–water partition coefficient (Wildman–Crippen LogP) is 3.43. The third-order valence-electron chi connectivity index (χ3n) is 4.67. The van der Waals surface area contributed by atoms with Crippen LogP contribution >= 0.6 is 0 Å². The Morgan fingerprint density at radius 2 is 1.45 bits per heavy atom. The summed E-state index contributed by atoms with van der Waals surface area (Å²) < 4.78 is 31.4. The Labute approximate surface area is 135 Å². The van der Waals surface area contributed by atoms with E-state index in [-0.39, 0.29) is 21.2 Å². The van der Waals surface area contributed by atoms with Gasteiger partial charge >= 0.3 is 10.1 Å². The zero-order valence-corrected chi connectivity index (χ0v) is 15.7. The number of rotatable bonds is 5. The van der Waals surface area contributed by atoms with Crippen molar-refractivity contribution in [1.29, 1.82) is 0 Å². The lowest BCUT2D eigenvalue weighted by Gasteiger charge is -2.39. The minimum Gasteiger partial charge on any atom is -0.310 e. The number of hydrogen-bond acceptors (Lipinski definition) is 2. The molecule has 0 atom stereocenters. The molecule has 126 valence electrons. The van der Waals surface area contributed by atoms with Crippen LogP contribution in [-0.4, -0.2) is 37.4 Å². The van der Waals surface area contributed by atoms with Crippen LogP contribution in [0.25, 0.3) is 0 Å². The van der Waals surface area contributed by atoms with Crippen molar-refractivity contribution in [2.75, 3.05) is 20.0 Å². The fraction of sp³-hybridized carbons (Fsp3) is 0.647. The molecule has 0 aromatic heterocycles. The summed E-state index contributed by atoms with van der Waals surface area (Å²) in [5.74, 6) is -0.289. The molecule has 0 fully saturated rings. The van der Waals surface area contributed by atoms with Crippen molar-refractivity contribution in [3.63, 3.8) is 0 Å². The van der Waals surface area contributed by atoms with Gasteiger partial charge < -0.3 is 4.48 Å². The summed E-state index contributed by atoms with van der Waals surface area (Å²) in [7, 11) is -0.396. The van der Waals surface area contributed by atoms with Gasteiger partial charge in [-0.1, -0.05) is 58.9 Å². The van der Waals surface area contributed by atoms with Gasteiger partial charge in [-0.15, -0.1) is 0 Å². The Kier molecular flexibility index (Phi) is 5.17. The van der Waals surface area contributed by atoms with E-state index in [1.165, 1.54) is 5.56 Å². The van der Waals surface area contributed by atoms with E-state index >= 15 is 0 Å². The molecule has 4 nitrogen and oxygen atoms in total. The largest absolute Gasteiger partial charge is 0.316 e. The second-order valence-corrected chi connectivity index (χ2v) is 9.80. The van der Waals surface area contributed by atoms with Gasteiger partial charge in [-0.25, -0.2) is 0 Å². The Hall–Kier alpha value is -0.910. The standard InChI is InChI=1S/C17H29NO3S/c1-16(2,3)17(4,5)15-10-8-14(9-11-15)12-18(6,7)13-22(19,20)21/h8-11H,12-13H2,1-7H3/p+1. The monoisotopic (exact) mass is 328 g/mol. The molecule has 5 heteroatoms. The molecule has 1 rings (SSSR count). The van der Waals surface area contributed by atoms with Gasteiger partial charge in [-0.2, -0.15) is 8.42 Å². The molecule has 0 bridgehead atoms. The first-order valence-corrected chi connectivity index (χ1v) is 9.12. The van der Waals surface area contributed by atoms with Crippen LogP contribution in [0, 0.1) is 5.41 Å². The summed E-state index contributed by atoms with van der Waals surface area (Å²) in [6.07, 6.45) is 0. The van der Waals surface area contributed by atoms with E-state index in [2.05, 4.69) is 46.8 Å². The van der Waals surface area contributed by atoms with Gasteiger partial charge in [0.15, 0.2) is 0 Å². The molecule has 0 saturated carbocycles. The molecular weight excluding hydrogens is 298 g/mol. The van der Waals surface area contributed by atoms with Crippen molar-refractivity contribution in [2.24, 2.45) is 5.41 Å². The second-order valence-electron chi connectivity index (χ2n) is 8.38. The summed E-state index contributed by atoms with van der Waals surface area (Å²) in [5, 5.41) is 0. The molecule has 0 unspecified atom stereocenters. The van der Waals surface area contributed by atoms with E-state index in [1.807, 2.05) is 12.1 Å². The number of benzene rings is 1. The maximum Gasteiger partial charge on any atom is 0.316 e. The highest BCUT2D eigenvalue weighted by atomic mass is 32.2. The molecular formula is C17H30NO3S+. The van der Waals surface area contributed by atoms with Crippen molar-refractivity contribution in [1.82, 2.24) is 0 Å². The minimum atomic E-state index is -3.98. The summed E-state index contributed by atoms with van der Waals surface area (Å²) in [6.45, 7) is 11.7. The number of quaternary nitrogens is 1. The second kappa shape index (κ2) is 5.95. The van der Waals surface area contributed by atoms with Gasteiger partial charge in [0.25, 0.3) is 0 Å². The van der Waals surface area contributed by atoms with Crippen molar-refractivity contribution >= 4 is 10.1 Å². The van der Waals surface area contributed by atoms with Gasteiger partial charge in [0.1, 0.15) is 6.54 Å². The number of hydrogen-bond donors (Lipinski definition) is 1. The molecule has 0 heterocycles. The molecule has 0 aliphatic carbocycles. The normalized spacial score (nSPS) is 14.2. The quantitative estimate of drug-likeness (QED) is 0.665. The Morgan fingerprint density at radius 3 is 1.82 bits per heavy atom. The molecule has 0 radical (unpaired) electrons. The molecule has 0 aliphatic rings. The average Bonchev–Trinajstić information content (AvgIpc) is 2.23. The first-order chi connectivity index (χ1) is 9.64. The van der Waals surface area contributed by atoms with E-state index in [4.69, 9.17) is 4.55 Å². The van der Waals surface area contributed by atoms with E-state index < -0.39 is 10.1 Å². The third-order valence-corrected chi connectivity index (χ3v) is 5.70. The highest BCUT2D eigenvalue weighted by Crippen LogP contribution is 2.40. The van der Waals surface area contributed by atoms with Crippen LogP contribution < -0.4 is 0 Å². The van der Waals surface area contributed by atoms with Gasteiger partial charge in [0, 0.05) is 5.56 Å². The van der Waals surface area contributed by atoms with Crippen LogP contribution in [0.3, 0.4) is 0 Å². The van der Waals surface area contributed by atoms with Gasteiger partial charge in [0.2, 0.25) is 5.88 Å². The first kappa shape index (κ1) is 19.1. The molecule has 1 aromatic carbocycles. The average molecular weight is 328 g/mol. The summed E-state index contributed by atoms with van der Waals surface area (Å²) in [5.41, 5.74) is 2.52. The van der Waals surface area contributed by atoms with E-state index in [0.29, 0.717) is 6.54 Å². The maximum atomic E-state index is 11.1. The molecule has 22 heavy (non-hydrogen) atoms. The fourth-order valence-electron chi connectivity index (χ4n) is 2.44. The SMILES string of the molecule is CC(C)(C)C(C)(C)c1ccc(C[N+](C)(C)CS(=O)(=O)O)cc1. The molecule has 0 aliphatic heterocycles. The van der Waals surface area contributed by atoms with Gasteiger partial charge in [0.05, 0.1) is 14.1 Å². The molecule has 0 amide bonds. The number of nitrogens with zero attached hydrogens (tertiary/aromatic N) is 1. The Morgan fingerprint density at radius 1 is 1.00 bits per heavy atom. The minimum absolute atomic E-state index is 0.0460. The lowest BCUT2D eigenvalue weighted by atomic mass is 9.65.